The normalized spacial score (nSPS) is 21.5. The molecule has 0 N–H and O–H groups in total. The molecule has 1 amide bonds. The minimum atomic E-state index is -1.19. The van der Waals surface area contributed by atoms with Gasteiger partial charge in [0, 0.05) is 62.4 Å². The summed E-state index contributed by atoms with van der Waals surface area (Å²) in [5.74, 6) is -2.88. The molecular weight excluding hydrogens is 454 g/mol. The standard InChI is InChI=1S/C25H31N3O7/c1-3-26(4-2)22(29)17-8-7-13-27(16-17)21-10-9-19(28(32)33)14-18(21)15-20-23(30)34-25(35-24(20)31)11-5-6-12-25/h9-10,14-15,17H,3-8,11-13,16H2,1-2H3/t17-/m1/s1. The first-order chi connectivity index (χ1) is 16.8. The lowest BCUT2D eigenvalue weighted by Gasteiger charge is -2.36. The van der Waals surface area contributed by atoms with Gasteiger partial charge in [-0.1, -0.05) is 0 Å². The Morgan fingerprint density at radius 1 is 1.17 bits per heavy atom. The number of nitrogens with zero attached hydrogens (tertiary/aromatic N) is 3. The van der Waals surface area contributed by atoms with Crippen molar-refractivity contribution in [1.82, 2.24) is 4.90 Å². The molecule has 1 atom stereocenters. The van der Waals surface area contributed by atoms with Crippen molar-refractivity contribution in [1.29, 1.82) is 0 Å². The second-order valence-corrected chi connectivity index (χ2v) is 9.25. The molecule has 188 valence electrons. The van der Waals surface area contributed by atoms with Crippen LogP contribution in [0.25, 0.3) is 6.08 Å². The molecule has 0 radical (unpaired) electrons. The first-order valence-corrected chi connectivity index (χ1v) is 12.3. The number of amides is 1. The number of carbonyl (C=O) groups is 3. The smallest absolute Gasteiger partial charge is 0.348 e. The third-order valence-electron chi connectivity index (χ3n) is 7.07. The van der Waals surface area contributed by atoms with Crippen molar-refractivity contribution < 1.29 is 28.8 Å². The lowest BCUT2D eigenvalue weighted by Crippen LogP contribution is -2.45. The Labute approximate surface area is 204 Å². The molecule has 35 heavy (non-hydrogen) atoms. The monoisotopic (exact) mass is 485 g/mol. The van der Waals surface area contributed by atoms with E-state index in [-0.39, 0.29) is 23.1 Å². The molecule has 1 aromatic carbocycles. The minimum absolute atomic E-state index is 0.0859. The van der Waals surface area contributed by atoms with Crippen LogP contribution in [0.2, 0.25) is 0 Å². The number of piperidine rings is 1. The predicted molar refractivity (Wildman–Crippen MR) is 127 cm³/mol. The summed E-state index contributed by atoms with van der Waals surface area (Å²) in [7, 11) is 0. The van der Waals surface area contributed by atoms with Crippen LogP contribution in [-0.4, -0.2) is 59.6 Å². The van der Waals surface area contributed by atoms with Crippen LogP contribution >= 0.6 is 0 Å². The molecule has 2 heterocycles. The van der Waals surface area contributed by atoms with Gasteiger partial charge in [0.2, 0.25) is 5.91 Å². The average Bonchev–Trinajstić information content (AvgIpc) is 3.29. The summed E-state index contributed by atoms with van der Waals surface area (Å²) in [6, 6.07) is 4.32. The van der Waals surface area contributed by atoms with Gasteiger partial charge in [-0.3, -0.25) is 14.9 Å². The van der Waals surface area contributed by atoms with Crippen LogP contribution < -0.4 is 4.90 Å². The summed E-state index contributed by atoms with van der Waals surface area (Å²) in [4.78, 5) is 53.2. The molecule has 10 nitrogen and oxygen atoms in total. The molecule has 1 aromatic rings. The molecular formula is C25H31N3O7. The SMILES string of the molecule is CCN(CC)C(=O)[C@@H]1CCCN(c2ccc([N+](=O)[O-])cc2C=C2C(=O)OC3(CCCC3)OC2=O)C1. The molecule has 0 aromatic heterocycles. The predicted octanol–water partition coefficient (Wildman–Crippen LogP) is 3.43. The van der Waals surface area contributed by atoms with Gasteiger partial charge in [0.1, 0.15) is 5.57 Å². The lowest BCUT2D eigenvalue weighted by atomic mass is 9.95. The highest BCUT2D eigenvalue weighted by atomic mass is 16.7. The first kappa shape index (κ1) is 24.7. The second kappa shape index (κ2) is 10.1. The maximum Gasteiger partial charge on any atom is 0.348 e. The number of nitro benzene ring substituents is 1. The molecule has 10 heteroatoms. The molecule has 2 saturated heterocycles. The zero-order valence-electron chi connectivity index (χ0n) is 20.2. The summed E-state index contributed by atoms with van der Waals surface area (Å²) in [5, 5.41) is 11.5. The van der Waals surface area contributed by atoms with E-state index in [1.54, 1.807) is 11.0 Å². The fourth-order valence-electron chi connectivity index (χ4n) is 5.19. The van der Waals surface area contributed by atoms with Crippen molar-refractivity contribution in [2.24, 2.45) is 5.92 Å². The fraction of sp³-hybridized carbons (Fsp3) is 0.560. The zero-order chi connectivity index (χ0) is 25.2. The molecule has 1 aliphatic carbocycles. The van der Waals surface area contributed by atoms with E-state index in [1.807, 2.05) is 18.7 Å². The number of benzene rings is 1. The topological polar surface area (TPSA) is 119 Å². The Hall–Kier alpha value is -3.43. The molecule has 4 rings (SSSR count). The Morgan fingerprint density at radius 2 is 1.83 bits per heavy atom. The molecule has 3 aliphatic rings. The summed E-state index contributed by atoms with van der Waals surface area (Å²) in [5.41, 5.74) is 0.485. The molecule has 2 aliphatic heterocycles. The van der Waals surface area contributed by atoms with Gasteiger partial charge in [0.25, 0.3) is 11.5 Å². The highest BCUT2D eigenvalue weighted by Crippen LogP contribution is 2.39. The highest BCUT2D eigenvalue weighted by Gasteiger charge is 2.48. The molecule has 1 spiro atoms. The number of anilines is 1. The molecule has 1 saturated carbocycles. The van der Waals surface area contributed by atoms with Crippen molar-refractivity contribution in [2.75, 3.05) is 31.1 Å². The first-order valence-electron chi connectivity index (χ1n) is 12.3. The third kappa shape index (κ3) is 5.01. The van der Waals surface area contributed by atoms with Gasteiger partial charge in [-0.2, -0.15) is 0 Å². The second-order valence-electron chi connectivity index (χ2n) is 9.25. The number of nitro groups is 1. The van der Waals surface area contributed by atoms with Gasteiger partial charge in [-0.15, -0.1) is 0 Å². The number of rotatable bonds is 6. The Morgan fingerprint density at radius 3 is 2.43 bits per heavy atom. The summed E-state index contributed by atoms with van der Waals surface area (Å²) < 4.78 is 11.0. The Kier molecular flexibility index (Phi) is 7.09. The number of hydrogen-bond acceptors (Lipinski definition) is 8. The van der Waals surface area contributed by atoms with Crippen LogP contribution in [0.15, 0.2) is 23.8 Å². The van der Waals surface area contributed by atoms with E-state index < -0.39 is 22.6 Å². The van der Waals surface area contributed by atoms with E-state index in [4.69, 9.17) is 9.47 Å². The lowest BCUT2D eigenvalue weighted by molar-refractivity contribution is -0.384. The summed E-state index contributed by atoms with van der Waals surface area (Å²) in [6.07, 6.45) is 5.39. The van der Waals surface area contributed by atoms with Gasteiger partial charge in [0.15, 0.2) is 0 Å². The average molecular weight is 486 g/mol. The van der Waals surface area contributed by atoms with Crippen molar-refractivity contribution in [3.8, 4) is 0 Å². The Balaban J connectivity index is 1.65. The van der Waals surface area contributed by atoms with E-state index in [9.17, 15) is 24.5 Å². The van der Waals surface area contributed by atoms with E-state index in [0.29, 0.717) is 50.3 Å². The number of ether oxygens (including phenoxy) is 2. The number of hydrogen-bond donors (Lipinski definition) is 0. The number of non-ortho nitro benzene ring substituents is 1. The molecule has 3 fully saturated rings. The van der Waals surface area contributed by atoms with Gasteiger partial charge in [0.05, 0.1) is 10.8 Å². The van der Waals surface area contributed by atoms with Crippen LogP contribution in [0.4, 0.5) is 11.4 Å². The van der Waals surface area contributed by atoms with Gasteiger partial charge in [-0.05, 0) is 51.7 Å². The summed E-state index contributed by atoms with van der Waals surface area (Å²) >= 11 is 0. The molecule has 0 unspecified atom stereocenters. The minimum Gasteiger partial charge on any atom is -0.419 e. The maximum atomic E-state index is 13.0. The van der Waals surface area contributed by atoms with E-state index in [1.165, 1.54) is 18.2 Å². The highest BCUT2D eigenvalue weighted by molar-refractivity contribution is 6.19. The van der Waals surface area contributed by atoms with Gasteiger partial charge < -0.3 is 19.3 Å². The van der Waals surface area contributed by atoms with Gasteiger partial charge >= 0.3 is 11.9 Å². The van der Waals surface area contributed by atoms with Crippen molar-refractivity contribution >= 4 is 35.3 Å². The number of carbonyl (C=O) groups excluding carboxylic acids is 3. The third-order valence-corrected chi connectivity index (χ3v) is 7.07. The van der Waals surface area contributed by atoms with E-state index in [2.05, 4.69) is 0 Å². The van der Waals surface area contributed by atoms with E-state index >= 15 is 0 Å². The zero-order valence-corrected chi connectivity index (χ0v) is 20.2. The molecule has 0 bridgehead atoms. The van der Waals surface area contributed by atoms with E-state index in [0.717, 1.165) is 25.7 Å². The largest absolute Gasteiger partial charge is 0.419 e. The van der Waals surface area contributed by atoms with Crippen molar-refractivity contribution in [3.63, 3.8) is 0 Å². The van der Waals surface area contributed by atoms with Crippen LogP contribution in [0.5, 0.6) is 0 Å². The van der Waals surface area contributed by atoms with Crippen molar-refractivity contribution in [2.45, 2.75) is 58.2 Å². The maximum absolute atomic E-state index is 13.0. The van der Waals surface area contributed by atoms with Crippen LogP contribution in [-0.2, 0) is 23.9 Å². The van der Waals surface area contributed by atoms with Crippen molar-refractivity contribution in [3.05, 3.63) is 39.4 Å². The number of esters is 2. The van der Waals surface area contributed by atoms with Crippen LogP contribution in [0.1, 0.15) is 57.9 Å². The quantitative estimate of drug-likeness (QED) is 0.198. The van der Waals surface area contributed by atoms with Gasteiger partial charge in [-0.25, -0.2) is 9.59 Å². The Bertz CT molecular complexity index is 1040. The van der Waals surface area contributed by atoms with Crippen LogP contribution in [0, 0.1) is 16.0 Å². The summed E-state index contributed by atoms with van der Waals surface area (Å²) in [6.45, 7) is 6.25. The van der Waals surface area contributed by atoms with Crippen LogP contribution in [0.3, 0.4) is 0 Å². The fourth-order valence-corrected chi connectivity index (χ4v) is 5.19.